The third-order valence-electron chi connectivity index (χ3n) is 4.54. The van der Waals surface area contributed by atoms with E-state index in [2.05, 4.69) is 11.4 Å². The van der Waals surface area contributed by atoms with Crippen molar-refractivity contribution in [3.63, 3.8) is 0 Å². The molecule has 8 heteroatoms. The Morgan fingerprint density at radius 2 is 1.79 bits per heavy atom. The van der Waals surface area contributed by atoms with Crippen molar-refractivity contribution < 1.29 is 13.2 Å². The van der Waals surface area contributed by atoms with Gasteiger partial charge in [-0.05, 0) is 49.7 Å². The molecule has 0 spiro atoms. The number of anilines is 1. The second-order valence-electron chi connectivity index (χ2n) is 6.80. The van der Waals surface area contributed by atoms with Crippen LogP contribution in [0.1, 0.15) is 34.4 Å². The van der Waals surface area contributed by atoms with Gasteiger partial charge in [0.1, 0.15) is 0 Å². The molecule has 3 rings (SSSR count). The van der Waals surface area contributed by atoms with E-state index < -0.39 is 10.0 Å². The molecule has 0 saturated carbocycles. The Morgan fingerprint density at radius 3 is 2.46 bits per heavy atom. The monoisotopic (exact) mass is 436 g/mol. The van der Waals surface area contributed by atoms with Crippen LogP contribution in [0.2, 0.25) is 0 Å². The lowest BCUT2D eigenvalue weighted by Gasteiger charge is -2.21. The van der Waals surface area contributed by atoms with E-state index in [1.54, 1.807) is 12.1 Å². The summed E-state index contributed by atoms with van der Waals surface area (Å²) in [6.07, 6.45) is 0. The predicted molar refractivity (Wildman–Crippen MR) is 119 cm³/mol. The van der Waals surface area contributed by atoms with Gasteiger partial charge < -0.3 is 5.32 Å². The van der Waals surface area contributed by atoms with Gasteiger partial charge in [0, 0.05) is 35.8 Å². The topological polar surface area (TPSA) is 66.5 Å². The first-order valence-corrected chi connectivity index (χ1v) is 12.6. The number of hydrogen-bond acceptors (Lipinski definition) is 5. The molecular formula is C20H24N2O3S3. The van der Waals surface area contributed by atoms with E-state index in [1.165, 1.54) is 29.0 Å². The van der Waals surface area contributed by atoms with Gasteiger partial charge in [-0.3, -0.25) is 4.79 Å². The Morgan fingerprint density at radius 1 is 1.11 bits per heavy atom. The fourth-order valence-corrected chi connectivity index (χ4v) is 7.01. The number of benzene rings is 2. The largest absolute Gasteiger partial charge is 0.322 e. The van der Waals surface area contributed by atoms with Crippen LogP contribution in [0.25, 0.3) is 0 Å². The van der Waals surface area contributed by atoms with Crippen molar-refractivity contribution in [1.29, 1.82) is 0 Å². The number of hydrogen-bond donors (Lipinski definition) is 1. The lowest BCUT2D eigenvalue weighted by atomic mass is 10.2. The molecule has 5 nitrogen and oxygen atoms in total. The summed E-state index contributed by atoms with van der Waals surface area (Å²) in [6.45, 7) is 3.62. The van der Waals surface area contributed by atoms with Crippen LogP contribution in [0.4, 0.5) is 5.69 Å². The van der Waals surface area contributed by atoms with E-state index in [4.69, 9.17) is 0 Å². The van der Waals surface area contributed by atoms with Crippen LogP contribution in [0.3, 0.4) is 0 Å². The van der Waals surface area contributed by atoms with Crippen LogP contribution in [0.15, 0.2) is 53.4 Å². The van der Waals surface area contributed by atoms with Gasteiger partial charge in [-0.25, -0.2) is 8.42 Å². The van der Waals surface area contributed by atoms with E-state index in [9.17, 15) is 13.2 Å². The van der Waals surface area contributed by atoms with Gasteiger partial charge in [0.25, 0.3) is 5.91 Å². The maximum atomic E-state index is 12.7. The lowest BCUT2D eigenvalue weighted by Crippen LogP contribution is -2.33. The summed E-state index contributed by atoms with van der Waals surface area (Å²) in [4.78, 5) is 12.8. The van der Waals surface area contributed by atoms with Crippen LogP contribution < -0.4 is 5.32 Å². The molecule has 0 unspecified atom stereocenters. The normalized spacial score (nSPS) is 15.3. The number of sulfonamides is 1. The number of nitrogens with zero attached hydrogens (tertiary/aromatic N) is 1. The molecule has 0 aromatic heterocycles. The molecule has 1 heterocycles. The maximum Gasteiger partial charge on any atom is 0.255 e. The molecule has 150 valence electrons. The molecule has 28 heavy (non-hydrogen) atoms. The number of thioether (sulfide) groups is 2. The quantitative estimate of drug-likeness (QED) is 0.725. The first kappa shape index (κ1) is 21.2. The minimum Gasteiger partial charge on any atom is -0.322 e. The van der Waals surface area contributed by atoms with Gasteiger partial charge >= 0.3 is 0 Å². The zero-order valence-corrected chi connectivity index (χ0v) is 18.5. The Balaban J connectivity index is 1.79. The van der Waals surface area contributed by atoms with Crippen LogP contribution in [-0.2, 0) is 10.0 Å². The smallest absolute Gasteiger partial charge is 0.255 e. The molecule has 2 aromatic carbocycles. The van der Waals surface area contributed by atoms with E-state index in [1.807, 2.05) is 55.6 Å². The molecule has 0 bridgehead atoms. The third-order valence-corrected chi connectivity index (χ3v) is 9.67. The van der Waals surface area contributed by atoms with Crippen molar-refractivity contribution in [1.82, 2.24) is 4.31 Å². The number of carbonyl (C=O) groups excluding carboxylic acids is 1. The third kappa shape index (κ3) is 4.74. The second kappa shape index (κ2) is 8.90. The van der Waals surface area contributed by atoms with Crippen molar-refractivity contribution in [3.05, 3.63) is 59.7 Å². The average molecular weight is 437 g/mol. The number of amides is 1. The van der Waals surface area contributed by atoms with Crippen LogP contribution >= 0.6 is 23.5 Å². The molecule has 0 aliphatic carbocycles. The molecule has 1 fully saturated rings. The number of rotatable bonds is 6. The van der Waals surface area contributed by atoms with E-state index in [0.717, 1.165) is 11.5 Å². The fourth-order valence-electron chi connectivity index (χ4n) is 2.76. The minimum absolute atomic E-state index is 0.115. The maximum absolute atomic E-state index is 12.7. The SMILES string of the molecule is CC(C)N(C)S(=O)(=O)c1cccc(C(=O)Nc2cccc(C3SCCS3)c2)c1. The van der Waals surface area contributed by atoms with Gasteiger partial charge in [0.05, 0.1) is 9.48 Å². The molecular weight excluding hydrogens is 412 g/mol. The minimum atomic E-state index is -3.64. The van der Waals surface area contributed by atoms with Crippen molar-refractivity contribution in [2.45, 2.75) is 29.4 Å². The van der Waals surface area contributed by atoms with Gasteiger partial charge in [-0.1, -0.05) is 18.2 Å². The van der Waals surface area contributed by atoms with Gasteiger partial charge in [0.15, 0.2) is 0 Å². The van der Waals surface area contributed by atoms with Crippen LogP contribution in [0, 0.1) is 0 Å². The Bertz CT molecular complexity index is 955. The van der Waals surface area contributed by atoms with Crippen molar-refractivity contribution >= 4 is 45.1 Å². The highest BCUT2D eigenvalue weighted by Crippen LogP contribution is 2.45. The molecule has 1 aliphatic rings. The molecule has 0 radical (unpaired) electrons. The zero-order chi connectivity index (χ0) is 20.3. The summed E-state index contributed by atoms with van der Waals surface area (Å²) in [5.74, 6) is 1.95. The highest BCUT2D eigenvalue weighted by molar-refractivity contribution is 8.19. The summed E-state index contributed by atoms with van der Waals surface area (Å²) >= 11 is 3.82. The summed E-state index contributed by atoms with van der Waals surface area (Å²) in [5, 5.41) is 2.89. The summed E-state index contributed by atoms with van der Waals surface area (Å²) in [5.41, 5.74) is 2.21. The van der Waals surface area contributed by atoms with Gasteiger partial charge in [-0.15, -0.1) is 23.5 Å². The predicted octanol–water partition coefficient (Wildman–Crippen LogP) is 4.45. The van der Waals surface area contributed by atoms with Gasteiger partial charge in [-0.2, -0.15) is 4.31 Å². The van der Waals surface area contributed by atoms with E-state index >= 15 is 0 Å². The van der Waals surface area contributed by atoms with Crippen LogP contribution in [-0.4, -0.2) is 43.2 Å². The summed E-state index contributed by atoms with van der Waals surface area (Å²) < 4.78 is 27.1. The van der Waals surface area contributed by atoms with E-state index in [0.29, 0.717) is 15.8 Å². The summed E-state index contributed by atoms with van der Waals surface area (Å²) in [7, 11) is -2.10. The van der Waals surface area contributed by atoms with Crippen molar-refractivity contribution in [2.75, 3.05) is 23.9 Å². The Labute approximate surface area is 175 Å². The molecule has 1 saturated heterocycles. The highest BCUT2D eigenvalue weighted by Gasteiger charge is 2.24. The van der Waals surface area contributed by atoms with Crippen LogP contribution in [0.5, 0.6) is 0 Å². The molecule has 0 atom stereocenters. The first-order valence-electron chi connectivity index (χ1n) is 9.01. The number of nitrogens with one attached hydrogen (secondary N) is 1. The average Bonchev–Trinajstić information content (AvgIpc) is 3.22. The van der Waals surface area contributed by atoms with Gasteiger partial charge in [0.2, 0.25) is 10.0 Å². The standard InChI is InChI=1S/C20H24N2O3S3/c1-14(2)22(3)28(24,25)18-9-5-6-15(13-18)19(23)21-17-8-4-7-16(12-17)20-26-10-11-27-20/h4-9,12-14,20H,10-11H2,1-3H3,(H,21,23). The highest BCUT2D eigenvalue weighted by atomic mass is 32.2. The summed E-state index contributed by atoms with van der Waals surface area (Å²) in [6, 6.07) is 13.8. The lowest BCUT2D eigenvalue weighted by molar-refractivity contribution is 0.102. The molecule has 1 N–H and O–H groups in total. The molecule has 1 aliphatic heterocycles. The van der Waals surface area contributed by atoms with Crippen molar-refractivity contribution in [2.24, 2.45) is 0 Å². The first-order chi connectivity index (χ1) is 13.3. The second-order valence-corrected chi connectivity index (χ2v) is 11.5. The van der Waals surface area contributed by atoms with Crippen molar-refractivity contribution in [3.8, 4) is 0 Å². The Hall–Kier alpha value is -1.48. The van der Waals surface area contributed by atoms with E-state index in [-0.39, 0.29) is 16.8 Å². The molecule has 2 aromatic rings. The fraction of sp³-hybridized carbons (Fsp3) is 0.350. The number of carbonyl (C=O) groups is 1. The Kier molecular flexibility index (Phi) is 6.75. The zero-order valence-electron chi connectivity index (χ0n) is 16.1. The molecule has 1 amide bonds.